The summed E-state index contributed by atoms with van der Waals surface area (Å²) in [5.74, 6) is 0. The standard InChI is InChI=1S/C11H10IN/c1-8-3-2-4-9(7-8)11-10(12)5-6-13-11/h2-7,13H,1H3. The van der Waals surface area contributed by atoms with Gasteiger partial charge in [-0.1, -0.05) is 23.8 Å². The van der Waals surface area contributed by atoms with E-state index in [4.69, 9.17) is 0 Å². The SMILES string of the molecule is Cc1cccc(-c2[nH]ccc2I)c1. The number of aryl methyl sites for hydroxylation is 1. The van der Waals surface area contributed by atoms with E-state index >= 15 is 0 Å². The van der Waals surface area contributed by atoms with Gasteiger partial charge in [-0.2, -0.15) is 0 Å². The van der Waals surface area contributed by atoms with Gasteiger partial charge in [0.25, 0.3) is 0 Å². The van der Waals surface area contributed by atoms with Crippen LogP contribution in [0.4, 0.5) is 0 Å². The highest BCUT2D eigenvalue weighted by molar-refractivity contribution is 14.1. The summed E-state index contributed by atoms with van der Waals surface area (Å²) in [6, 6.07) is 10.6. The highest BCUT2D eigenvalue weighted by atomic mass is 127. The van der Waals surface area contributed by atoms with Crippen molar-refractivity contribution in [1.29, 1.82) is 0 Å². The molecule has 0 bridgehead atoms. The number of halogens is 1. The van der Waals surface area contributed by atoms with Crippen LogP contribution in [-0.2, 0) is 0 Å². The molecule has 1 N–H and O–H groups in total. The summed E-state index contributed by atoms with van der Waals surface area (Å²) in [7, 11) is 0. The van der Waals surface area contributed by atoms with Gasteiger partial charge >= 0.3 is 0 Å². The van der Waals surface area contributed by atoms with Crippen molar-refractivity contribution < 1.29 is 0 Å². The van der Waals surface area contributed by atoms with Crippen LogP contribution in [0, 0.1) is 10.5 Å². The minimum absolute atomic E-state index is 1.21. The first-order valence-corrected chi connectivity index (χ1v) is 5.25. The Bertz CT molecular complexity index is 418. The van der Waals surface area contributed by atoms with Gasteiger partial charge in [-0.25, -0.2) is 0 Å². The van der Waals surface area contributed by atoms with Crippen LogP contribution < -0.4 is 0 Å². The third kappa shape index (κ3) is 1.77. The summed E-state index contributed by atoms with van der Waals surface area (Å²) in [5.41, 5.74) is 3.77. The quantitative estimate of drug-likeness (QED) is 0.770. The van der Waals surface area contributed by atoms with Gasteiger partial charge in [0, 0.05) is 9.77 Å². The second-order valence-corrected chi connectivity index (χ2v) is 4.23. The lowest BCUT2D eigenvalue weighted by molar-refractivity contribution is 1.38. The average molecular weight is 283 g/mol. The fourth-order valence-corrected chi connectivity index (χ4v) is 2.02. The molecule has 0 unspecified atom stereocenters. The van der Waals surface area contributed by atoms with Crippen molar-refractivity contribution in [3.63, 3.8) is 0 Å². The van der Waals surface area contributed by atoms with Crippen LogP contribution in [0.2, 0.25) is 0 Å². The van der Waals surface area contributed by atoms with Crippen molar-refractivity contribution in [2.24, 2.45) is 0 Å². The summed E-state index contributed by atoms with van der Waals surface area (Å²) in [6.45, 7) is 2.11. The lowest BCUT2D eigenvalue weighted by Gasteiger charge is -2.00. The van der Waals surface area contributed by atoms with Gasteiger partial charge in [0.15, 0.2) is 0 Å². The van der Waals surface area contributed by atoms with E-state index in [1.807, 2.05) is 6.20 Å². The third-order valence-electron chi connectivity index (χ3n) is 2.00. The maximum absolute atomic E-state index is 3.24. The van der Waals surface area contributed by atoms with E-state index in [1.54, 1.807) is 0 Å². The number of hydrogen-bond donors (Lipinski definition) is 1. The first-order valence-electron chi connectivity index (χ1n) is 4.17. The van der Waals surface area contributed by atoms with Crippen LogP contribution in [-0.4, -0.2) is 4.98 Å². The molecule has 0 spiro atoms. The third-order valence-corrected chi connectivity index (χ3v) is 2.90. The topological polar surface area (TPSA) is 15.8 Å². The zero-order valence-corrected chi connectivity index (χ0v) is 9.50. The van der Waals surface area contributed by atoms with Crippen molar-refractivity contribution in [1.82, 2.24) is 4.98 Å². The van der Waals surface area contributed by atoms with E-state index in [1.165, 1.54) is 20.4 Å². The summed E-state index contributed by atoms with van der Waals surface area (Å²) >= 11 is 2.34. The fraction of sp³-hybridized carbons (Fsp3) is 0.0909. The Balaban J connectivity index is 2.53. The van der Waals surface area contributed by atoms with E-state index in [0.717, 1.165) is 0 Å². The van der Waals surface area contributed by atoms with Gasteiger partial charge in [0.1, 0.15) is 0 Å². The second-order valence-electron chi connectivity index (χ2n) is 3.07. The average Bonchev–Trinajstić information content (AvgIpc) is 2.51. The van der Waals surface area contributed by atoms with Gasteiger partial charge in [0.2, 0.25) is 0 Å². The van der Waals surface area contributed by atoms with E-state index in [-0.39, 0.29) is 0 Å². The molecule has 0 aliphatic heterocycles. The highest BCUT2D eigenvalue weighted by Crippen LogP contribution is 2.23. The van der Waals surface area contributed by atoms with Crippen molar-refractivity contribution in [3.8, 4) is 11.3 Å². The van der Waals surface area contributed by atoms with Gasteiger partial charge < -0.3 is 4.98 Å². The zero-order valence-electron chi connectivity index (χ0n) is 7.34. The van der Waals surface area contributed by atoms with Gasteiger partial charge in [-0.3, -0.25) is 0 Å². The van der Waals surface area contributed by atoms with E-state index < -0.39 is 0 Å². The van der Waals surface area contributed by atoms with Crippen LogP contribution in [0.5, 0.6) is 0 Å². The molecule has 0 radical (unpaired) electrons. The summed E-state index contributed by atoms with van der Waals surface area (Å²) in [6.07, 6.45) is 1.97. The van der Waals surface area contributed by atoms with Gasteiger partial charge in [0.05, 0.1) is 5.69 Å². The van der Waals surface area contributed by atoms with Crippen molar-refractivity contribution in [3.05, 3.63) is 45.7 Å². The number of aromatic amines is 1. The molecule has 2 heteroatoms. The fourth-order valence-electron chi connectivity index (χ4n) is 1.37. The molecule has 66 valence electrons. The number of rotatable bonds is 1. The monoisotopic (exact) mass is 283 g/mol. The number of hydrogen-bond acceptors (Lipinski definition) is 0. The van der Waals surface area contributed by atoms with E-state index in [0.29, 0.717) is 0 Å². The molecule has 2 rings (SSSR count). The summed E-state index contributed by atoms with van der Waals surface area (Å²) in [5, 5.41) is 0. The molecule has 13 heavy (non-hydrogen) atoms. The lowest BCUT2D eigenvalue weighted by Crippen LogP contribution is -1.80. The van der Waals surface area contributed by atoms with E-state index in [9.17, 15) is 0 Å². The van der Waals surface area contributed by atoms with Gasteiger partial charge in [-0.15, -0.1) is 0 Å². The zero-order chi connectivity index (χ0) is 9.26. The molecule has 0 aliphatic rings. The van der Waals surface area contributed by atoms with Crippen LogP contribution in [0.1, 0.15) is 5.56 Å². The van der Waals surface area contributed by atoms with Gasteiger partial charge in [-0.05, 0) is 47.2 Å². The molecule has 1 nitrogen and oxygen atoms in total. The maximum atomic E-state index is 3.24. The molecule has 0 saturated heterocycles. The minimum atomic E-state index is 1.21. The van der Waals surface area contributed by atoms with Crippen LogP contribution in [0.15, 0.2) is 36.5 Å². The molecule has 2 aromatic rings. The molecular formula is C11H10IN. The van der Waals surface area contributed by atoms with Crippen LogP contribution in [0.3, 0.4) is 0 Å². The largest absolute Gasteiger partial charge is 0.360 e. The number of nitrogens with one attached hydrogen (secondary N) is 1. The Morgan fingerprint density at radius 2 is 2.08 bits per heavy atom. The molecule has 1 heterocycles. The molecule has 0 aliphatic carbocycles. The Kier molecular flexibility index (Phi) is 2.40. The smallest absolute Gasteiger partial charge is 0.0589 e. The predicted molar refractivity (Wildman–Crippen MR) is 63.7 cm³/mol. The lowest BCUT2D eigenvalue weighted by atomic mass is 10.1. The maximum Gasteiger partial charge on any atom is 0.0589 e. The molecule has 0 atom stereocenters. The Hall–Kier alpha value is -0.770. The van der Waals surface area contributed by atoms with E-state index in [2.05, 4.69) is 64.8 Å². The molecule has 1 aromatic carbocycles. The first-order chi connectivity index (χ1) is 6.27. The number of aromatic nitrogens is 1. The Labute approximate surface area is 91.3 Å². The van der Waals surface area contributed by atoms with Crippen LogP contribution >= 0.6 is 22.6 Å². The summed E-state index contributed by atoms with van der Waals surface area (Å²) < 4.78 is 1.27. The number of benzene rings is 1. The normalized spacial score (nSPS) is 10.3. The Morgan fingerprint density at radius 3 is 2.69 bits per heavy atom. The predicted octanol–water partition coefficient (Wildman–Crippen LogP) is 3.59. The molecule has 0 amide bonds. The Morgan fingerprint density at radius 1 is 1.23 bits per heavy atom. The molecule has 0 saturated carbocycles. The highest BCUT2D eigenvalue weighted by Gasteiger charge is 2.02. The van der Waals surface area contributed by atoms with Crippen molar-refractivity contribution in [2.75, 3.05) is 0 Å². The summed E-state index contributed by atoms with van der Waals surface area (Å²) in [4.78, 5) is 3.24. The number of H-pyrrole nitrogens is 1. The molecule has 1 aromatic heterocycles. The van der Waals surface area contributed by atoms with Crippen molar-refractivity contribution in [2.45, 2.75) is 6.92 Å². The van der Waals surface area contributed by atoms with Crippen molar-refractivity contribution >= 4 is 22.6 Å². The first kappa shape index (κ1) is 8.81. The molecule has 0 fully saturated rings. The minimum Gasteiger partial charge on any atom is -0.360 e. The second kappa shape index (κ2) is 3.54. The molecular weight excluding hydrogens is 273 g/mol. The van der Waals surface area contributed by atoms with Crippen LogP contribution in [0.25, 0.3) is 11.3 Å².